The number of hydrogen-bond donors (Lipinski definition) is 0. The Morgan fingerprint density at radius 2 is 1.67 bits per heavy atom. The summed E-state index contributed by atoms with van der Waals surface area (Å²) in [6, 6.07) is 10.2. The first-order chi connectivity index (χ1) is 11.4. The van der Waals surface area contributed by atoms with Gasteiger partial charge in [0.2, 0.25) is 0 Å². The number of carbonyl (C=O) groups is 1. The lowest BCUT2D eigenvalue weighted by Gasteiger charge is -2.13. The van der Waals surface area contributed by atoms with Crippen LogP contribution in [0.4, 0.5) is 0 Å². The second-order valence-electron chi connectivity index (χ2n) is 6.41. The standard InChI is InChI=1S/C21H27O2P/c1-6-7-10-23-18-8-9-19(15(3)13-18)24-21(22)20-16(4)11-14(2)12-17(20)5/h8-9,11-13,24H,6-7,10H2,1-5H3. The van der Waals surface area contributed by atoms with E-state index in [-0.39, 0.29) is 14.1 Å². The molecular formula is C21H27O2P. The lowest BCUT2D eigenvalue weighted by atomic mass is 10.0. The average Bonchev–Trinajstić information content (AvgIpc) is 2.49. The zero-order valence-electron chi connectivity index (χ0n) is 15.3. The van der Waals surface area contributed by atoms with Gasteiger partial charge in [0.05, 0.1) is 6.61 Å². The van der Waals surface area contributed by atoms with Crippen molar-refractivity contribution in [1.29, 1.82) is 0 Å². The lowest BCUT2D eigenvalue weighted by Crippen LogP contribution is -2.08. The minimum atomic E-state index is 0.148. The molecular weight excluding hydrogens is 315 g/mol. The van der Waals surface area contributed by atoms with Gasteiger partial charge < -0.3 is 4.74 Å². The van der Waals surface area contributed by atoms with Gasteiger partial charge in [-0.05, 0) is 76.8 Å². The molecule has 0 heterocycles. The normalized spacial score (nSPS) is 11.2. The monoisotopic (exact) mass is 342 g/mol. The Balaban J connectivity index is 2.15. The van der Waals surface area contributed by atoms with Crippen molar-refractivity contribution < 1.29 is 9.53 Å². The first-order valence-electron chi connectivity index (χ1n) is 8.55. The summed E-state index contributed by atoms with van der Waals surface area (Å²) in [7, 11) is 0.148. The van der Waals surface area contributed by atoms with Crippen molar-refractivity contribution in [3.8, 4) is 5.75 Å². The molecule has 0 aliphatic rings. The highest BCUT2D eigenvalue weighted by Gasteiger charge is 2.15. The molecule has 1 atom stereocenters. The van der Waals surface area contributed by atoms with Gasteiger partial charge in [-0.2, -0.15) is 0 Å². The number of rotatable bonds is 7. The lowest BCUT2D eigenvalue weighted by molar-refractivity contribution is 0.108. The summed E-state index contributed by atoms with van der Waals surface area (Å²) in [5.74, 6) is 0.893. The number of unbranched alkanes of at least 4 members (excludes halogenated alkanes) is 1. The molecule has 1 unspecified atom stereocenters. The van der Waals surface area contributed by atoms with Gasteiger partial charge in [0.15, 0.2) is 5.52 Å². The zero-order chi connectivity index (χ0) is 17.7. The van der Waals surface area contributed by atoms with Gasteiger partial charge in [0, 0.05) is 5.56 Å². The SMILES string of the molecule is CCCCOc1ccc(PC(=O)c2c(C)cc(C)cc2C)c(C)c1. The topological polar surface area (TPSA) is 26.3 Å². The second kappa shape index (κ2) is 8.44. The fraction of sp³-hybridized carbons (Fsp3) is 0.381. The highest BCUT2D eigenvalue weighted by Crippen LogP contribution is 2.27. The van der Waals surface area contributed by atoms with E-state index in [0.717, 1.165) is 52.8 Å². The third-order valence-electron chi connectivity index (χ3n) is 4.12. The number of carbonyl (C=O) groups excluding carboxylic acids is 1. The van der Waals surface area contributed by atoms with E-state index in [4.69, 9.17) is 4.74 Å². The number of hydrogen-bond acceptors (Lipinski definition) is 2. The predicted octanol–water partition coefficient (Wildman–Crippen LogP) is 5.24. The summed E-state index contributed by atoms with van der Waals surface area (Å²) in [4.78, 5) is 12.8. The van der Waals surface area contributed by atoms with E-state index in [1.807, 2.05) is 32.0 Å². The van der Waals surface area contributed by atoms with Crippen LogP contribution in [-0.4, -0.2) is 12.1 Å². The summed E-state index contributed by atoms with van der Waals surface area (Å²) in [6.07, 6.45) is 2.19. The molecule has 24 heavy (non-hydrogen) atoms. The van der Waals surface area contributed by atoms with Crippen LogP contribution in [0.15, 0.2) is 30.3 Å². The Morgan fingerprint density at radius 1 is 1.00 bits per heavy atom. The fourth-order valence-corrected chi connectivity index (χ4v) is 4.12. The Hall–Kier alpha value is -1.66. The van der Waals surface area contributed by atoms with Crippen molar-refractivity contribution in [2.24, 2.45) is 0 Å². The second-order valence-corrected chi connectivity index (χ2v) is 7.65. The van der Waals surface area contributed by atoms with Crippen LogP contribution >= 0.6 is 8.58 Å². The third-order valence-corrected chi connectivity index (χ3v) is 5.42. The molecule has 0 N–H and O–H groups in total. The summed E-state index contributed by atoms with van der Waals surface area (Å²) < 4.78 is 5.74. The van der Waals surface area contributed by atoms with Crippen LogP contribution in [-0.2, 0) is 0 Å². The molecule has 128 valence electrons. The van der Waals surface area contributed by atoms with Crippen LogP contribution in [0.25, 0.3) is 0 Å². The minimum absolute atomic E-state index is 0.148. The van der Waals surface area contributed by atoms with E-state index in [0.29, 0.717) is 0 Å². The van der Waals surface area contributed by atoms with E-state index in [1.165, 1.54) is 5.56 Å². The van der Waals surface area contributed by atoms with E-state index in [1.54, 1.807) is 0 Å². The van der Waals surface area contributed by atoms with Gasteiger partial charge in [0.25, 0.3) is 0 Å². The number of aryl methyl sites for hydroxylation is 4. The van der Waals surface area contributed by atoms with Crippen LogP contribution in [0.1, 0.15) is 52.4 Å². The first kappa shape index (κ1) is 18.7. The Bertz CT molecular complexity index is 712. The van der Waals surface area contributed by atoms with Crippen molar-refractivity contribution in [3.63, 3.8) is 0 Å². The molecule has 0 fully saturated rings. The molecule has 0 saturated carbocycles. The van der Waals surface area contributed by atoms with Gasteiger partial charge in [-0.15, -0.1) is 0 Å². The van der Waals surface area contributed by atoms with Crippen LogP contribution in [0, 0.1) is 27.7 Å². The maximum atomic E-state index is 12.8. The summed E-state index contributed by atoms with van der Waals surface area (Å²) in [5, 5.41) is 1.10. The molecule has 0 amide bonds. The van der Waals surface area contributed by atoms with Crippen molar-refractivity contribution in [2.75, 3.05) is 6.61 Å². The first-order valence-corrected chi connectivity index (χ1v) is 9.55. The Kier molecular flexibility index (Phi) is 6.57. The van der Waals surface area contributed by atoms with E-state index in [9.17, 15) is 4.79 Å². The van der Waals surface area contributed by atoms with Crippen molar-refractivity contribution in [3.05, 3.63) is 58.1 Å². The van der Waals surface area contributed by atoms with Gasteiger partial charge >= 0.3 is 0 Å². The molecule has 3 heteroatoms. The molecule has 2 aromatic carbocycles. The zero-order valence-corrected chi connectivity index (χ0v) is 16.3. The van der Waals surface area contributed by atoms with Gasteiger partial charge in [-0.25, -0.2) is 0 Å². The molecule has 0 radical (unpaired) electrons. The summed E-state index contributed by atoms with van der Waals surface area (Å²) in [6.45, 7) is 11.1. The van der Waals surface area contributed by atoms with Crippen LogP contribution in [0.3, 0.4) is 0 Å². The smallest absolute Gasteiger partial charge is 0.186 e. The van der Waals surface area contributed by atoms with E-state index in [2.05, 4.69) is 32.9 Å². The van der Waals surface area contributed by atoms with Crippen molar-refractivity contribution in [1.82, 2.24) is 0 Å². The highest BCUT2D eigenvalue weighted by atomic mass is 31.1. The Morgan fingerprint density at radius 3 is 2.25 bits per heavy atom. The summed E-state index contributed by atoms with van der Waals surface area (Å²) in [5.41, 5.74) is 5.56. The predicted molar refractivity (Wildman–Crippen MR) is 105 cm³/mol. The molecule has 0 aliphatic heterocycles. The molecule has 2 aromatic rings. The molecule has 2 nitrogen and oxygen atoms in total. The van der Waals surface area contributed by atoms with Crippen molar-refractivity contribution >= 4 is 19.4 Å². The van der Waals surface area contributed by atoms with Crippen molar-refractivity contribution in [2.45, 2.75) is 47.5 Å². The van der Waals surface area contributed by atoms with Gasteiger partial charge in [-0.3, -0.25) is 4.79 Å². The molecule has 2 rings (SSSR count). The third kappa shape index (κ3) is 4.68. The molecule has 0 aromatic heterocycles. The quantitative estimate of drug-likeness (QED) is 0.508. The fourth-order valence-electron chi connectivity index (χ4n) is 2.92. The minimum Gasteiger partial charge on any atom is -0.494 e. The van der Waals surface area contributed by atoms with Crippen LogP contribution in [0.2, 0.25) is 0 Å². The maximum Gasteiger partial charge on any atom is 0.186 e. The van der Waals surface area contributed by atoms with Gasteiger partial charge in [0.1, 0.15) is 5.75 Å². The summed E-state index contributed by atoms with van der Waals surface area (Å²) >= 11 is 0. The highest BCUT2D eigenvalue weighted by molar-refractivity contribution is 7.66. The number of benzene rings is 2. The Labute approximate surface area is 147 Å². The maximum absolute atomic E-state index is 12.8. The largest absolute Gasteiger partial charge is 0.494 e. The molecule has 0 bridgehead atoms. The van der Waals surface area contributed by atoms with Crippen LogP contribution in [0.5, 0.6) is 5.75 Å². The van der Waals surface area contributed by atoms with Gasteiger partial charge in [-0.1, -0.05) is 37.1 Å². The van der Waals surface area contributed by atoms with Crippen LogP contribution < -0.4 is 10.0 Å². The number of ether oxygens (including phenoxy) is 1. The molecule has 0 aliphatic carbocycles. The average molecular weight is 342 g/mol. The van der Waals surface area contributed by atoms with E-state index >= 15 is 0 Å². The van der Waals surface area contributed by atoms with E-state index < -0.39 is 0 Å². The molecule has 0 spiro atoms. The molecule has 0 saturated heterocycles.